The second-order valence-corrected chi connectivity index (χ2v) is 10.9. The molecule has 198 valence electrons. The van der Waals surface area contributed by atoms with E-state index in [0.717, 1.165) is 29.1 Å². The Morgan fingerprint density at radius 1 is 1.13 bits per heavy atom. The third-order valence-electron chi connectivity index (χ3n) is 6.64. The molecular formula is C28H25N5O4S2. The number of nitrogens with zero attached hydrogens (tertiary/aromatic N) is 4. The number of amides is 3. The van der Waals surface area contributed by atoms with Crippen LogP contribution in [0.25, 0.3) is 10.8 Å². The van der Waals surface area contributed by atoms with E-state index in [9.17, 15) is 14.4 Å². The number of benzene rings is 2. The Balaban J connectivity index is 0.000000233. The van der Waals surface area contributed by atoms with E-state index in [1.807, 2.05) is 17.5 Å². The zero-order chi connectivity index (χ0) is 27.4. The van der Waals surface area contributed by atoms with Gasteiger partial charge < -0.3 is 9.73 Å². The number of aryl methyl sites for hydroxylation is 1. The van der Waals surface area contributed by atoms with Gasteiger partial charge in [0.05, 0.1) is 11.3 Å². The van der Waals surface area contributed by atoms with Gasteiger partial charge in [-0.3, -0.25) is 19.3 Å². The number of rotatable bonds is 6. The summed E-state index contributed by atoms with van der Waals surface area (Å²) in [5.41, 5.74) is 3.29. The van der Waals surface area contributed by atoms with Gasteiger partial charge in [0.1, 0.15) is 6.07 Å². The number of hydrogen-bond donors (Lipinski definition) is 1. The average Bonchev–Trinajstić information content (AvgIpc) is 3.61. The van der Waals surface area contributed by atoms with Crippen molar-refractivity contribution in [3.63, 3.8) is 0 Å². The maximum atomic E-state index is 12.8. The minimum atomic E-state index is -0.331. The van der Waals surface area contributed by atoms with Crippen molar-refractivity contribution in [2.24, 2.45) is 0 Å². The van der Waals surface area contributed by atoms with Gasteiger partial charge >= 0.3 is 0 Å². The molecule has 39 heavy (non-hydrogen) atoms. The lowest BCUT2D eigenvalue weighted by Gasteiger charge is -2.26. The van der Waals surface area contributed by atoms with Crippen LogP contribution in [0.2, 0.25) is 0 Å². The summed E-state index contributed by atoms with van der Waals surface area (Å²) in [4.78, 5) is 39.6. The van der Waals surface area contributed by atoms with Gasteiger partial charge in [0.25, 0.3) is 17.0 Å². The summed E-state index contributed by atoms with van der Waals surface area (Å²) in [6, 6.07) is 13.1. The van der Waals surface area contributed by atoms with Gasteiger partial charge in [-0.15, -0.1) is 21.5 Å². The molecule has 2 aromatic heterocycles. The number of nitrogens with one attached hydrogen (secondary N) is 1. The summed E-state index contributed by atoms with van der Waals surface area (Å²) in [5.74, 6) is -0.340. The summed E-state index contributed by atoms with van der Waals surface area (Å²) in [6.45, 7) is 0.129. The van der Waals surface area contributed by atoms with Crippen LogP contribution in [0.15, 0.2) is 51.4 Å². The Morgan fingerprint density at radius 2 is 1.85 bits per heavy atom. The van der Waals surface area contributed by atoms with E-state index in [1.54, 1.807) is 42.6 Å². The Kier molecular flexibility index (Phi) is 8.05. The predicted octanol–water partition coefficient (Wildman–Crippen LogP) is 4.40. The van der Waals surface area contributed by atoms with Gasteiger partial charge in [0.15, 0.2) is 0 Å². The molecule has 0 radical (unpaired) electrons. The molecule has 0 saturated carbocycles. The first-order valence-electron chi connectivity index (χ1n) is 12.5. The third kappa shape index (κ3) is 5.57. The van der Waals surface area contributed by atoms with Gasteiger partial charge in [-0.25, -0.2) is 0 Å². The molecule has 11 heteroatoms. The number of hydrogen-bond acceptors (Lipinski definition) is 9. The lowest BCUT2D eigenvalue weighted by atomic mass is 9.94. The van der Waals surface area contributed by atoms with E-state index >= 15 is 0 Å². The minimum Gasteiger partial charge on any atom is -0.416 e. The van der Waals surface area contributed by atoms with E-state index in [-0.39, 0.29) is 41.7 Å². The van der Waals surface area contributed by atoms with Crippen molar-refractivity contribution >= 4 is 51.6 Å². The van der Waals surface area contributed by atoms with Crippen molar-refractivity contribution in [2.75, 3.05) is 19.3 Å². The van der Waals surface area contributed by atoms with Gasteiger partial charge in [-0.1, -0.05) is 36.0 Å². The Hall–Kier alpha value is -4.01. The second-order valence-electron chi connectivity index (χ2n) is 9.01. The molecule has 0 spiro atoms. The van der Waals surface area contributed by atoms with Gasteiger partial charge in [0, 0.05) is 46.8 Å². The van der Waals surface area contributed by atoms with E-state index in [4.69, 9.17) is 9.68 Å². The molecule has 2 aromatic carbocycles. The van der Waals surface area contributed by atoms with Crippen LogP contribution in [-0.2, 0) is 24.1 Å². The van der Waals surface area contributed by atoms with Crippen LogP contribution in [0.1, 0.15) is 55.5 Å². The number of carbonyl (C=O) groups excluding carboxylic acids is 3. The molecule has 2 aliphatic rings. The molecule has 3 amide bonds. The number of thioether (sulfide) groups is 1. The summed E-state index contributed by atoms with van der Waals surface area (Å²) < 4.78 is 5.48. The van der Waals surface area contributed by atoms with Crippen LogP contribution in [0, 0.1) is 11.3 Å². The van der Waals surface area contributed by atoms with E-state index < -0.39 is 0 Å². The summed E-state index contributed by atoms with van der Waals surface area (Å²) in [5, 5.41) is 22.9. The minimum absolute atomic E-state index is 0.129. The number of imide groups is 1. The number of carbonyl (C=O) groups is 3. The van der Waals surface area contributed by atoms with Crippen LogP contribution in [0.5, 0.6) is 0 Å². The maximum Gasteiger partial charge on any atom is 0.277 e. The molecule has 0 saturated heterocycles. The standard InChI is InChI=1S/C19H16N4O4S.C9H9NS/c1-20-14(24)10-28-19-22-21-15(27-19)8-9-23-17(25)12-6-2-4-11-5-3-7-13(16(11)12)18(23)26;10-5-7-6-11-9-4-2-1-3-8(7)9/h2-7H,8-10H2,1H3,(H,20,24);6H,1-4H2. The smallest absolute Gasteiger partial charge is 0.277 e. The fourth-order valence-corrected chi connectivity index (χ4v) is 6.40. The molecule has 9 nitrogen and oxygen atoms in total. The van der Waals surface area contributed by atoms with Crippen LogP contribution >= 0.6 is 23.1 Å². The van der Waals surface area contributed by atoms with E-state index in [1.165, 1.54) is 34.6 Å². The van der Waals surface area contributed by atoms with E-state index in [0.29, 0.717) is 22.4 Å². The van der Waals surface area contributed by atoms with Gasteiger partial charge in [0.2, 0.25) is 11.8 Å². The first-order valence-corrected chi connectivity index (χ1v) is 14.4. The summed E-state index contributed by atoms with van der Waals surface area (Å²) in [7, 11) is 1.55. The summed E-state index contributed by atoms with van der Waals surface area (Å²) in [6.07, 6.45) is 5.13. The molecule has 0 fully saturated rings. The number of nitriles is 1. The van der Waals surface area contributed by atoms with Crippen molar-refractivity contribution in [1.82, 2.24) is 20.4 Å². The van der Waals surface area contributed by atoms with Gasteiger partial charge in [-0.2, -0.15) is 5.26 Å². The first kappa shape index (κ1) is 26.6. The molecule has 1 N–H and O–H groups in total. The van der Waals surface area contributed by atoms with E-state index in [2.05, 4.69) is 21.6 Å². The van der Waals surface area contributed by atoms with Crippen LogP contribution in [0.4, 0.5) is 0 Å². The highest BCUT2D eigenvalue weighted by Gasteiger charge is 2.32. The van der Waals surface area contributed by atoms with Crippen LogP contribution in [-0.4, -0.2) is 52.2 Å². The molecule has 0 bridgehead atoms. The van der Waals surface area contributed by atoms with Crippen molar-refractivity contribution in [3.8, 4) is 6.07 Å². The SMILES string of the molecule is CNC(=O)CSc1nnc(CCN2C(=O)c3cccc4cccc(c34)C2=O)o1.N#Cc1csc2c1CCCC2. The molecule has 0 unspecified atom stereocenters. The third-order valence-corrected chi connectivity index (χ3v) is 8.55. The zero-order valence-electron chi connectivity index (χ0n) is 21.2. The number of aromatic nitrogens is 2. The van der Waals surface area contributed by atoms with Crippen molar-refractivity contribution in [3.05, 3.63) is 74.8 Å². The molecule has 0 atom stereocenters. The topological polar surface area (TPSA) is 129 Å². The quantitative estimate of drug-likeness (QED) is 0.272. The largest absolute Gasteiger partial charge is 0.416 e. The molecule has 4 aromatic rings. The van der Waals surface area contributed by atoms with Crippen molar-refractivity contribution in [1.29, 1.82) is 5.26 Å². The number of thiophene rings is 1. The average molecular weight is 560 g/mol. The highest BCUT2D eigenvalue weighted by molar-refractivity contribution is 7.99. The predicted molar refractivity (Wildman–Crippen MR) is 148 cm³/mol. The van der Waals surface area contributed by atoms with Gasteiger partial charge in [-0.05, 0) is 48.8 Å². The number of fused-ring (bicyclic) bond motifs is 1. The highest BCUT2D eigenvalue weighted by atomic mass is 32.2. The monoisotopic (exact) mass is 559 g/mol. The molecule has 3 heterocycles. The molecule has 1 aliphatic heterocycles. The van der Waals surface area contributed by atoms with Crippen LogP contribution in [0.3, 0.4) is 0 Å². The Morgan fingerprint density at radius 3 is 2.54 bits per heavy atom. The Labute approximate surface area is 233 Å². The molecule has 1 aliphatic carbocycles. The summed E-state index contributed by atoms with van der Waals surface area (Å²) >= 11 is 2.88. The normalized spacial score (nSPS) is 13.9. The lowest BCUT2D eigenvalue weighted by Crippen LogP contribution is -2.41. The fraction of sp³-hybridized carbons (Fsp3) is 0.286. The molecule has 6 rings (SSSR count). The fourth-order valence-electron chi connectivity index (χ4n) is 4.68. The Bertz CT molecular complexity index is 1550. The van der Waals surface area contributed by atoms with Crippen molar-refractivity contribution < 1.29 is 18.8 Å². The first-order chi connectivity index (χ1) is 19.0. The molecular weight excluding hydrogens is 534 g/mol. The lowest BCUT2D eigenvalue weighted by molar-refractivity contribution is -0.118. The second kappa shape index (κ2) is 11.8. The van der Waals surface area contributed by atoms with Crippen LogP contribution < -0.4 is 5.32 Å². The maximum absolute atomic E-state index is 12.8. The zero-order valence-corrected chi connectivity index (χ0v) is 22.9. The highest BCUT2D eigenvalue weighted by Crippen LogP contribution is 2.31. The van der Waals surface area contributed by atoms with Crippen molar-refractivity contribution in [2.45, 2.75) is 37.3 Å².